The van der Waals surface area contributed by atoms with Crippen molar-refractivity contribution in [1.29, 1.82) is 0 Å². The van der Waals surface area contributed by atoms with Crippen LogP contribution in [0.15, 0.2) is 30.3 Å². The smallest absolute Gasteiger partial charge is 0.344 e. The lowest BCUT2D eigenvalue weighted by Crippen LogP contribution is -2.35. The average Bonchev–Trinajstić information content (AvgIpc) is 3.22. The van der Waals surface area contributed by atoms with E-state index in [-0.39, 0.29) is 25.4 Å². The molecular weight excluding hydrogens is 763 g/mol. The molecule has 4 rings (SSSR count). The Labute approximate surface area is 350 Å². The van der Waals surface area contributed by atoms with Crippen LogP contribution in [0.2, 0.25) is 0 Å². The van der Waals surface area contributed by atoms with E-state index in [0.717, 1.165) is 64.2 Å². The summed E-state index contributed by atoms with van der Waals surface area (Å²) in [5, 5.41) is 0. The number of hydrogen-bond donors (Lipinski definition) is 0. The van der Waals surface area contributed by atoms with Gasteiger partial charge >= 0.3 is 5.97 Å². The van der Waals surface area contributed by atoms with Gasteiger partial charge < -0.3 is 42.6 Å². The van der Waals surface area contributed by atoms with Gasteiger partial charge in [0, 0.05) is 29.7 Å². The second-order valence-corrected chi connectivity index (χ2v) is 14.7. The Morgan fingerprint density at radius 1 is 0.610 bits per heavy atom. The average molecular weight is 829 g/mol. The van der Waals surface area contributed by atoms with E-state index >= 15 is 8.78 Å². The van der Waals surface area contributed by atoms with Crippen LogP contribution in [0.1, 0.15) is 146 Å². The Morgan fingerprint density at radius 2 is 1.12 bits per heavy atom. The van der Waals surface area contributed by atoms with Crippen molar-refractivity contribution in [2.75, 3.05) is 46.8 Å². The first-order valence-corrected chi connectivity index (χ1v) is 21.8. The Kier molecular flexibility index (Phi) is 20.0. The Morgan fingerprint density at radius 3 is 1.69 bits per heavy atom. The SMILES string of the molecule is CCCCOc1cc(OCCCC)c2c(c1)O[C@@H](c1ccc(OCCCC)c(OCCCC)c1)[C@H](OC(=O)c1c(F)c(OC)c(OCCCC)c(OCCCC)c1F)C2. The second kappa shape index (κ2) is 25.1. The largest absolute Gasteiger partial charge is 0.493 e. The number of hydrogen-bond acceptors (Lipinski definition) is 10. The highest BCUT2D eigenvalue weighted by Gasteiger charge is 2.40. The second-order valence-electron chi connectivity index (χ2n) is 14.7. The van der Waals surface area contributed by atoms with Crippen LogP contribution in [0.5, 0.6) is 46.0 Å². The van der Waals surface area contributed by atoms with Gasteiger partial charge in [0.15, 0.2) is 29.2 Å². The van der Waals surface area contributed by atoms with Crippen LogP contribution in [-0.4, -0.2) is 58.8 Å². The van der Waals surface area contributed by atoms with Crippen LogP contribution in [0, 0.1) is 11.6 Å². The standard InChI is InChI=1S/C47H66F2O10/c1-8-14-22-52-33-29-36(54-24-16-10-3)34-31-39(43(58-37(34)30-33)32-20-21-35(53-23-15-9-2)38(28-32)55-25-17-11-4)59-47(50)40-41(48)44(51-7)46(57-27-19-13-6)45(42(40)49)56-26-18-12-5/h20-21,28-30,39,43H,8-19,22-27,31H2,1-7H3/t39-,43+/m1/s1. The van der Waals surface area contributed by atoms with Crippen molar-refractivity contribution < 1.29 is 56.2 Å². The first kappa shape index (κ1) is 47.1. The molecule has 12 heteroatoms. The molecule has 0 radical (unpaired) electrons. The van der Waals surface area contributed by atoms with Crippen molar-refractivity contribution in [3.63, 3.8) is 0 Å². The van der Waals surface area contributed by atoms with Crippen LogP contribution in [0.3, 0.4) is 0 Å². The van der Waals surface area contributed by atoms with E-state index < -0.39 is 46.9 Å². The molecule has 10 nitrogen and oxygen atoms in total. The summed E-state index contributed by atoms with van der Waals surface area (Å²) in [7, 11) is 1.23. The lowest BCUT2D eigenvalue weighted by molar-refractivity contribution is -0.0198. The fourth-order valence-electron chi connectivity index (χ4n) is 6.35. The molecule has 1 aliphatic heterocycles. The number of carbonyl (C=O) groups is 1. The lowest BCUT2D eigenvalue weighted by Gasteiger charge is -2.35. The first-order valence-electron chi connectivity index (χ1n) is 21.8. The number of unbranched alkanes of at least 4 members (excludes halogenated alkanes) is 6. The van der Waals surface area contributed by atoms with Gasteiger partial charge in [-0.2, -0.15) is 0 Å². The summed E-state index contributed by atoms with van der Waals surface area (Å²) in [4.78, 5) is 14.3. The number of ether oxygens (including phenoxy) is 9. The van der Waals surface area contributed by atoms with Gasteiger partial charge in [0.1, 0.15) is 28.9 Å². The third-order valence-corrected chi connectivity index (χ3v) is 9.87. The quantitative estimate of drug-likeness (QED) is 0.0519. The highest BCUT2D eigenvalue weighted by atomic mass is 19.1. The normalized spacial score (nSPS) is 14.5. The molecule has 0 bridgehead atoms. The fourth-order valence-corrected chi connectivity index (χ4v) is 6.35. The molecule has 0 spiro atoms. The molecule has 1 aliphatic rings. The molecule has 0 fully saturated rings. The molecular formula is C47H66F2O10. The van der Waals surface area contributed by atoms with Crippen molar-refractivity contribution in [1.82, 2.24) is 0 Å². The molecule has 0 unspecified atom stereocenters. The van der Waals surface area contributed by atoms with Gasteiger partial charge in [-0.1, -0.05) is 86.1 Å². The maximum atomic E-state index is 16.6. The third kappa shape index (κ3) is 12.9. The minimum Gasteiger partial charge on any atom is -0.493 e. The predicted octanol–water partition coefficient (Wildman–Crippen LogP) is 11.9. The molecule has 0 saturated carbocycles. The van der Waals surface area contributed by atoms with Crippen LogP contribution >= 0.6 is 0 Å². The van der Waals surface area contributed by atoms with Crippen LogP contribution in [0.25, 0.3) is 0 Å². The maximum absolute atomic E-state index is 16.6. The number of halogens is 2. The summed E-state index contributed by atoms with van der Waals surface area (Å²) in [6.07, 6.45) is 8.02. The minimum atomic E-state index is -1.26. The number of rotatable bonds is 28. The zero-order valence-corrected chi connectivity index (χ0v) is 36.3. The van der Waals surface area contributed by atoms with Gasteiger partial charge in [0.05, 0.1) is 46.8 Å². The molecule has 59 heavy (non-hydrogen) atoms. The molecule has 0 amide bonds. The lowest BCUT2D eigenvalue weighted by atomic mass is 9.93. The monoisotopic (exact) mass is 828 g/mol. The summed E-state index contributed by atoms with van der Waals surface area (Å²) in [6.45, 7) is 14.5. The zero-order chi connectivity index (χ0) is 42.6. The molecule has 0 aromatic heterocycles. The van der Waals surface area contributed by atoms with E-state index in [1.807, 2.05) is 44.2 Å². The van der Waals surface area contributed by atoms with E-state index in [1.54, 1.807) is 0 Å². The van der Waals surface area contributed by atoms with E-state index in [9.17, 15) is 4.79 Å². The number of methoxy groups -OCH3 is 1. The first-order chi connectivity index (χ1) is 28.8. The zero-order valence-electron chi connectivity index (χ0n) is 36.3. The molecule has 1 heterocycles. The Balaban J connectivity index is 1.85. The molecule has 0 N–H and O–H groups in total. The summed E-state index contributed by atoms with van der Waals surface area (Å²) >= 11 is 0. The van der Waals surface area contributed by atoms with Gasteiger partial charge in [0.25, 0.3) is 0 Å². The fraction of sp³-hybridized carbons (Fsp3) is 0.596. The van der Waals surface area contributed by atoms with Crippen LogP contribution < -0.4 is 37.9 Å². The molecule has 0 aliphatic carbocycles. The summed E-state index contributed by atoms with van der Waals surface area (Å²) < 4.78 is 87.7. The third-order valence-electron chi connectivity index (χ3n) is 9.87. The topological polar surface area (TPSA) is 100 Å². The van der Waals surface area contributed by atoms with E-state index in [0.29, 0.717) is 79.1 Å². The molecule has 328 valence electrons. The van der Waals surface area contributed by atoms with Gasteiger partial charge in [-0.25, -0.2) is 13.6 Å². The molecule has 2 atom stereocenters. The summed E-state index contributed by atoms with van der Waals surface area (Å²) in [5.74, 6) is -2.16. The highest BCUT2D eigenvalue weighted by Crippen LogP contribution is 2.47. The van der Waals surface area contributed by atoms with Crippen molar-refractivity contribution in [3.05, 3.63) is 58.7 Å². The maximum Gasteiger partial charge on any atom is 0.344 e. The Bertz CT molecular complexity index is 1750. The van der Waals surface area contributed by atoms with Gasteiger partial charge in [-0.3, -0.25) is 0 Å². The number of benzene rings is 3. The highest BCUT2D eigenvalue weighted by molar-refractivity contribution is 5.92. The van der Waals surface area contributed by atoms with Gasteiger partial charge in [-0.05, 0) is 50.7 Å². The van der Waals surface area contributed by atoms with Crippen molar-refractivity contribution in [3.8, 4) is 46.0 Å². The molecule has 3 aromatic rings. The summed E-state index contributed by atoms with van der Waals surface area (Å²) in [5.41, 5.74) is 0.289. The van der Waals surface area contributed by atoms with E-state index in [1.165, 1.54) is 7.11 Å². The summed E-state index contributed by atoms with van der Waals surface area (Å²) in [6, 6.07) is 9.09. The number of fused-ring (bicyclic) bond motifs is 1. The minimum absolute atomic E-state index is 0.0989. The predicted molar refractivity (Wildman–Crippen MR) is 224 cm³/mol. The van der Waals surface area contributed by atoms with Gasteiger partial charge in [0.2, 0.25) is 17.2 Å². The molecule has 3 aromatic carbocycles. The van der Waals surface area contributed by atoms with Crippen molar-refractivity contribution >= 4 is 5.97 Å². The van der Waals surface area contributed by atoms with Crippen LogP contribution in [0.4, 0.5) is 8.78 Å². The van der Waals surface area contributed by atoms with Gasteiger partial charge in [-0.15, -0.1) is 0 Å². The van der Waals surface area contributed by atoms with E-state index in [2.05, 4.69) is 27.7 Å². The van der Waals surface area contributed by atoms with Crippen molar-refractivity contribution in [2.45, 2.75) is 137 Å². The van der Waals surface area contributed by atoms with Crippen LogP contribution in [-0.2, 0) is 11.2 Å². The number of esters is 1. The Hall–Kier alpha value is -4.61. The van der Waals surface area contributed by atoms with E-state index in [4.69, 9.17) is 42.6 Å². The van der Waals surface area contributed by atoms with Crippen molar-refractivity contribution in [2.24, 2.45) is 0 Å². The molecule has 0 saturated heterocycles. The number of carbonyl (C=O) groups excluding carboxylic acids is 1.